The van der Waals surface area contributed by atoms with Crippen molar-refractivity contribution < 1.29 is 8.78 Å². The van der Waals surface area contributed by atoms with E-state index in [0.29, 0.717) is 0 Å². The Kier molecular flexibility index (Phi) is 5.44. The van der Waals surface area contributed by atoms with Gasteiger partial charge in [-0.25, -0.2) is 8.78 Å². The zero-order chi connectivity index (χ0) is 9.14. The van der Waals surface area contributed by atoms with Gasteiger partial charge in [-0.05, 0) is 23.9 Å². The quantitative estimate of drug-likeness (QED) is 0.844. The Bertz CT molecular complexity index is 252. The van der Waals surface area contributed by atoms with Gasteiger partial charge in [0.15, 0.2) is 0 Å². The van der Waals surface area contributed by atoms with Crippen molar-refractivity contribution >= 4 is 23.7 Å². The van der Waals surface area contributed by atoms with Gasteiger partial charge in [-0.2, -0.15) is 0 Å². The van der Waals surface area contributed by atoms with Crippen LogP contribution in [0.25, 0.3) is 0 Å². The third-order valence-electron chi connectivity index (χ3n) is 1.67. The van der Waals surface area contributed by atoms with E-state index in [-0.39, 0.29) is 18.8 Å². The SMILES string of the molecule is Cc1ccsc1[C@@H](N)CC(F)F.Cl. The topological polar surface area (TPSA) is 26.0 Å². The van der Waals surface area contributed by atoms with Crippen LogP contribution < -0.4 is 5.73 Å². The predicted octanol–water partition coefficient (Wildman–Crippen LogP) is 3.13. The molecule has 5 heteroatoms. The van der Waals surface area contributed by atoms with E-state index >= 15 is 0 Å². The van der Waals surface area contributed by atoms with Crippen molar-refractivity contribution in [2.75, 3.05) is 0 Å². The van der Waals surface area contributed by atoms with Gasteiger partial charge in [-0.15, -0.1) is 23.7 Å². The molecular formula is C8H12ClF2NS. The lowest BCUT2D eigenvalue weighted by molar-refractivity contribution is 0.129. The van der Waals surface area contributed by atoms with Crippen LogP contribution in [0.15, 0.2) is 11.4 Å². The molecule has 0 aromatic carbocycles. The van der Waals surface area contributed by atoms with Gasteiger partial charge in [-0.1, -0.05) is 0 Å². The Morgan fingerprint density at radius 2 is 2.15 bits per heavy atom. The summed E-state index contributed by atoms with van der Waals surface area (Å²) >= 11 is 1.44. The van der Waals surface area contributed by atoms with E-state index < -0.39 is 12.5 Å². The van der Waals surface area contributed by atoms with Crippen molar-refractivity contribution in [1.82, 2.24) is 0 Å². The first-order valence-corrected chi connectivity index (χ1v) is 4.57. The van der Waals surface area contributed by atoms with Crippen molar-refractivity contribution in [1.29, 1.82) is 0 Å². The summed E-state index contributed by atoms with van der Waals surface area (Å²) in [5.74, 6) is 0. The van der Waals surface area contributed by atoms with Gasteiger partial charge in [-0.3, -0.25) is 0 Å². The number of hydrogen-bond donors (Lipinski definition) is 1. The van der Waals surface area contributed by atoms with E-state index in [2.05, 4.69) is 0 Å². The first-order chi connectivity index (χ1) is 5.61. The van der Waals surface area contributed by atoms with Gasteiger partial charge in [0.2, 0.25) is 6.43 Å². The maximum Gasteiger partial charge on any atom is 0.240 e. The Hall–Kier alpha value is -0.190. The number of alkyl halides is 2. The minimum Gasteiger partial charge on any atom is -0.323 e. The zero-order valence-electron chi connectivity index (χ0n) is 7.17. The van der Waals surface area contributed by atoms with Gasteiger partial charge in [0, 0.05) is 17.3 Å². The lowest BCUT2D eigenvalue weighted by Crippen LogP contribution is -2.13. The maximum atomic E-state index is 11.9. The molecule has 1 atom stereocenters. The summed E-state index contributed by atoms with van der Waals surface area (Å²) in [6.07, 6.45) is -2.57. The van der Waals surface area contributed by atoms with E-state index in [1.54, 1.807) is 0 Å². The number of hydrogen-bond acceptors (Lipinski definition) is 2. The Labute approximate surface area is 86.4 Å². The highest BCUT2D eigenvalue weighted by Gasteiger charge is 2.15. The summed E-state index contributed by atoms with van der Waals surface area (Å²) in [6, 6.07) is 1.38. The third kappa shape index (κ3) is 3.58. The van der Waals surface area contributed by atoms with E-state index in [4.69, 9.17) is 5.73 Å². The van der Waals surface area contributed by atoms with E-state index in [9.17, 15) is 8.78 Å². The summed E-state index contributed by atoms with van der Waals surface area (Å²) in [7, 11) is 0. The zero-order valence-corrected chi connectivity index (χ0v) is 8.80. The van der Waals surface area contributed by atoms with Gasteiger partial charge >= 0.3 is 0 Å². The molecule has 0 aliphatic heterocycles. The monoisotopic (exact) mass is 227 g/mol. The standard InChI is InChI=1S/C8H11F2NS.ClH/c1-5-2-3-12-8(5)6(11)4-7(9)10;/h2-3,6-7H,4,11H2,1H3;1H/t6-;/m0./s1. The van der Waals surface area contributed by atoms with Crippen LogP contribution in [0.2, 0.25) is 0 Å². The maximum absolute atomic E-state index is 11.9. The molecule has 2 N–H and O–H groups in total. The fraction of sp³-hybridized carbons (Fsp3) is 0.500. The molecule has 1 nitrogen and oxygen atoms in total. The smallest absolute Gasteiger partial charge is 0.240 e. The predicted molar refractivity (Wildman–Crippen MR) is 53.9 cm³/mol. The number of thiophene rings is 1. The Balaban J connectivity index is 0.00000144. The highest BCUT2D eigenvalue weighted by atomic mass is 35.5. The van der Waals surface area contributed by atoms with Crippen molar-refractivity contribution in [3.8, 4) is 0 Å². The summed E-state index contributed by atoms with van der Waals surface area (Å²) < 4.78 is 23.9. The molecule has 0 radical (unpaired) electrons. The molecule has 1 heterocycles. The second-order valence-electron chi connectivity index (χ2n) is 2.70. The van der Waals surface area contributed by atoms with Gasteiger partial charge < -0.3 is 5.73 Å². The Morgan fingerprint density at radius 1 is 1.54 bits per heavy atom. The Morgan fingerprint density at radius 3 is 2.54 bits per heavy atom. The molecule has 0 bridgehead atoms. The van der Waals surface area contributed by atoms with Crippen molar-refractivity contribution in [3.63, 3.8) is 0 Å². The summed E-state index contributed by atoms with van der Waals surface area (Å²) in [5, 5.41) is 1.87. The van der Waals surface area contributed by atoms with Crippen LogP contribution in [0.1, 0.15) is 22.9 Å². The first kappa shape index (κ1) is 12.8. The molecule has 0 unspecified atom stereocenters. The summed E-state index contributed by atoms with van der Waals surface area (Å²) in [4.78, 5) is 0.871. The fourth-order valence-corrected chi connectivity index (χ4v) is 2.01. The molecule has 0 fully saturated rings. The minimum atomic E-state index is -2.32. The van der Waals surface area contributed by atoms with Crippen LogP contribution in [0.4, 0.5) is 8.78 Å². The van der Waals surface area contributed by atoms with Gasteiger partial charge in [0.25, 0.3) is 0 Å². The van der Waals surface area contributed by atoms with Crippen molar-refractivity contribution in [2.24, 2.45) is 5.73 Å². The molecule has 0 amide bonds. The number of halogens is 3. The highest BCUT2D eigenvalue weighted by Crippen LogP contribution is 2.26. The van der Waals surface area contributed by atoms with Crippen molar-refractivity contribution in [3.05, 3.63) is 21.9 Å². The van der Waals surface area contributed by atoms with Gasteiger partial charge in [0.1, 0.15) is 0 Å². The van der Waals surface area contributed by atoms with Crippen LogP contribution in [-0.4, -0.2) is 6.43 Å². The highest BCUT2D eigenvalue weighted by molar-refractivity contribution is 7.10. The molecule has 13 heavy (non-hydrogen) atoms. The molecule has 1 rings (SSSR count). The molecule has 0 aliphatic rings. The second-order valence-corrected chi connectivity index (χ2v) is 3.65. The average Bonchev–Trinajstić information content (AvgIpc) is 2.33. The molecule has 0 aliphatic carbocycles. The first-order valence-electron chi connectivity index (χ1n) is 3.69. The van der Waals surface area contributed by atoms with E-state index in [1.807, 2.05) is 18.4 Å². The van der Waals surface area contributed by atoms with Crippen LogP contribution in [0.5, 0.6) is 0 Å². The van der Waals surface area contributed by atoms with E-state index in [0.717, 1.165) is 10.4 Å². The van der Waals surface area contributed by atoms with Crippen LogP contribution in [-0.2, 0) is 0 Å². The molecule has 0 spiro atoms. The number of aryl methyl sites for hydroxylation is 1. The molecule has 1 aromatic rings. The normalized spacial score (nSPS) is 12.7. The fourth-order valence-electron chi connectivity index (χ4n) is 1.06. The van der Waals surface area contributed by atoms with Crippen LogP contribution in [0, 0.1) is 6.92 Å². The lowest BCUT2D eigenvalue weighted by Gasteiger charge is -2.09. The number of nitrogens with two attached hydrogens (primary N) is 1. The lowest BCUT2D eigenvalue weighted by atomic mass is 10.1. The molecular weight excluding hydrogens is 216 g/mol. The average molecular weight is 228 g/mol. The van der Waals surface area contributed by atoms with Gasteiger partial charge in [0.05, 0.1) is 0 Å². The second kappa shape index (κ2) is 5.52. The van der Waals surface area contributed by atoms with Crippen LogP contribution >= 0.6 is 23.7 Å². The van der Waals surface area contributed by atoms with Crippen molar-refractivity contribution in [2.45, 2.75) is 25.8 Å². The minimum absolute atomic E-state index is 0. The largest absolute Gasteiger partial charge is 0.323 e. The van der Waals surface area contributed by atoms with Crippen LogP contribution in [0.3, 0.4) is 0 Å². The number of rotatable bonds is 3. The molecule has 0 saturated carbocycles. The molecule has 76 valence electrons. The molecule has 1 aromatic heterocycles. The van der Waals surface area contributed by atoms with E-state index in [1.165, 1.54) is 11.3 Å². The molecule has 0 saturated heterocycles. The summed E-state index contributed by atoms with van der Waals surface area (Å²) in [6.45, 7) is 1.89. The summed E-state index contributed by atoms with van der Waals surface area (Å²) in [5.41, 5.74) is 6.58. The third-order valence-corrected chi connectivity index (χ3v) is 2.82.